The van der Waals surface area contributed by atoms with E-state index < -0.39 is 11.5 Å². The van der Waals surface area contributed by atoms with Gasteiger partial charge in [0, 0.05) is 17.8 Å². The molecule has 150 valence electrons. The van der Waals surface area contributed by atoms with Crippen LogP contribution < -0.4 is 10.1 Å². The average molecular weight is 415 g/mol. The highest BCUT2D eigenvalue weighted by molar-refractivity contribution is 6.31. The van der Waals surface area contributed by atoms with Gasteiger partial charge in [-0.3, -0.25) is 4.79 Å². The van der Waals surface area contributed by atoms with Gasteiger partial charge in [-0.2, -0.15) is 0 Å². The lowest BCUT2D eigenvalue weighted by atomic mass is 9.97. The summed E-state index contributed by atoms with van der Waals surface area (Å²) in [5.74, 6) is -0.300. The van der Waals surface area contributed by atoms with E-state index in [9.17, 15) is 14.3 Å². The summed E-state index contributed by atoms with van der Waals surface area (Å²) >= 11 is 6.29. The van der Waals surface area contributed by atoms with Crippen molar-refractivity contribution in [2.75, 3.05) is 0 Å². The standard InChI is InChI=1S/C22H20ClFN2O3/c1-22(2,28)15-6-5-14(19(23)12-15)13-26-20(27)18-4-3-11-25-21(18)29-17-9-7-16(24)8-10-17/h3-12,28H,13H2,1-2H3,(H,26,27). The van der Waals surface area contributed by atoms with Gasteiger partial charge in [0.2, 0.25) is 5.88 Å². The Morgan fingerprint density at radius 2 is 1.93 bits per heavy atom. The lowest BCUT2D eigenvalue weighted by Gasteiger charge is -2.19. The molecule has 5 nitrogen and oxygen atoms in total. The van der Waals surface area contributed by atoms with E-state index in [4.69, 9.17) is 16.3 Å². The zero-order chi connectivity index (χ0) is 21.0. The second-order valence-electron chi connectivity index (χ2n) is 6.96. The summed E-state index contributed by atoms with van der Waals surface area (Å²) in [5, 5.41) is 13.3. The van der Waals surface area contributed by atoms with E-state index in [1.54, 1.807) is 44.2 Å². The molecule has 3 rings (SSSR count). The summed E-state index contributed by atoms with van der Waals surface area (Å²) in [6.07, 6.45) is 1.50. The number of amides is 1. The Morgan fingerprint density at radius 3 is 2.59 bits per heavy atom. The molecule has 0 aliphatic rings. The van der Waals surface area contributed by atoms with Crippen molar-refractivity contribution in [3.8, 4) is 11.6 Å². The van der Waals surface area contributed by atoms with Gasteiger partial charge in [-0.1, -0.05) is 23.7 Å². The van der Waals surface area contributed by atoms with Gasteiger partial charge in [-0.15, -0.1) is 0 Å². The highest BCUT2D eigenvalue weighted by Crippen LogP contribution is 2.26. The van der Waals surface area contributed by atoms with Crippen LogP contribution >= 0.6 is 11.6 Å². The van der Waals surface area contributed by atoms with Gasteiger partial charge in [0.05, 0.1) is 5.60 Å². The van der Waals surface area contributed by atoms with Crippen LogP contribution in [0.5, 0.6) is 11.6 Å². The van der Waals surface area contributed by atoms with Crippen LogP contribution in [-0.4, -0.2) is 16.0 Å². The van der Waals surface area contributed by atoms with Gasteiger partial charge in [0.1, 0.15) is 17.1 Å². The number of carbonyl (C=O) groups excluding carboxylic acids is 1. The molecule has 7 heteroatoms. The van der Waals surface area contributed by atoms with Crippen LogP contribution in [0.4, 0.5) is 4.39 Å². The molecule has 2 N–H and O–H groups in total. The highest BCUT2D eigenvalue weighted by atomic mass is 35.5. The third-order valence-electron chi connectivity index (χ3n) is 4.24. The summed E-state index contributed by atoms with van der Waals surface area (Å²) in [7, 11) is 0. The van der Waals surface area contributed by atoms with Gasteiger partial charge in [-0.25, -0.2) is 9.37 Å². The Kier molecular flexibility index (Phi) is 6.15. The van der Waals surface area contributed by atoms with Crippen molar-refractivity contribution in [2.24, 2.45) is 0 Å². The molecule has 1 amide bonds. The van der Waals surface area contributed by atoms with Crippen molar-refractivity contribution < 1.29 is 19.0 Å². The minimum absolute atomic E-state index is 0.111. The van der Waals surface area contributed by atoms with Crippen molar-refractivity contribution in [2.45, 2.75) is 26.0 Å². The molecule has 2 aromatic carbocycles. The second-order valence-corrected chi connectivity index (χ2v) is 7.37. The summed E-state index contributed by atoms with van der Waals surface area (Å²) in [6.45, 7) is 3.53. The van der Waals surface area contributed by atoms with E-state index >= 15 is 0 Å². The fraction of sp³-hybridized carbons (Fsp3) is 0.182. The number of carbonyl (C=O) groups is 1. The summed E-state index contributed by atoms with van der Waals surface area (Å²) in [6, 6.07) is 13.8. The molecule has 0 spiro atoms. The molecule has 0 aliphatic heterocycles. The number of hydrogen-bond acceptors (Lipinski definition) is 4. The number of nitrogens with zero attached hydrogens (tertiary/aromatic N) is 1. The fourth-order valence-electron chi connectivity index (χ4n) is 2.60. The second kappa shape index (κ2) is 8.59. The van der Waals surface area contributed by atoms with E-state index in [1.165, 1.54) is 30.5 Å². The molecular weight excluding hydrogens is 395 g/mol. The molecule has 1 heterocycles. The van der Waals surface area contributed by atoms with Crippen molar-refractivity contribution in [1.82, 2.24) is 10.3 Å². The van der Waals surface area contributed by atoms with Gasteiger partial charge in [0.25, 0.3) is 5.91 Å². The maximum absolute atomic E-state index is 13.1. The average Bonchev–Trinajstić information content (AvgIpc) is 2.68. The molecule has 0 bridgehead atoms. The van der Waals surface area contributed by atoms with Crippen LogP contribution in [0.3, 0.4) is 0 Å². The summed E-state index contributed by atoms with van der Waals surface area (Å²) in [5.41, 5.74) is 0.618. The minimum atomic E-state index is -1.01. The third-order valence-corrected chi connectivity index (χ3v) is 4.59. The lowest BCUT2D eigenvalue weighted by Crippen LogP contribution is -2.24. The van der Waals surface area contributed by atoms with Crippen LogP contribution in [0.1, 0.15) is 35.3 Å². The first-order chi connectivity index (χ1) is 13.7. The van der Waals surface area contributed by atoms with Gasteiger partial charge in [0.15, 0.2) is 0 Å². The Bertz CT molecular complexity index is 1020. The minimum Gasteiger partial charge on any atom is -0.438 e. The van der Waals surface area contributed by atoms with Crippen LogP contribution in [-0.2, 0) is 12.1 Å². The van der Waals surface area contributed by atoms with E-state index in [0.717, 1.165) is 0 Å². The molecule has 0 radical (unpaired) electrons. The lowest BCUT2D eigenvalue weighted by molar-refractivity contribution is 0.0785. The van der Waals surface area contributed by atoms with E-state index in [1.807, 2.05) is 0 Å². The molecule has 0 saturated heterocycles. The maximum Gasteiger partial charge on any atom is 0.257 e. The monoisotopic (exact) mass is 414 g/mol. The van der Waals surface area contributed by atoms with Crippen LogP contribution in [0.2, 0.25) is 5.02 Å². The smallest absolute Gasteiger partial charge is 0.257 e. The molecule has 0 saturated carbocycles. The largest absolute Gasteiger partial charge is 0.438 e. The molecule has 29 heavy (non-hydrogen) atoms. The molecule has 0 unspecified atom stereocenters. The number of hydrogen-bond donors (Lipinski definition) is 2. The Labute approximate surface area is 173 Å². The predicted molar refractivity (Wildman–Crippen MR) is 109 cm³/mol. The van der Waals surface area contributed by atoms with Gasteiger partial charge >= 0.3 is 0 Å². The number of nitrogens with one attached hydrogen (secondary N) is 1. The number of rotatable bonds is 6. The third kappa shape index (κ3) is 5.31. The number of benzene rings is 2. The van der Waals surface area contributed by atoms with Crippen LogP contribution in [0.25, 0.3) is 0 Å². The first-order valence-electron chi connectivity index (χ1n) is 8.92. The Morgan fingerprint density at radius 1 is 1.21 bits per heavy atom. The topological polar surface area (TPSA) is 71.5 Å². The van der Waals surface area contributed by atoms with Crippen LogP contribution in [0.15, 0.2) is 60.8 Å². The normalized spacial score (nSPS) is 11.2. The SMILES string of the molecule is CC(C)(O)c1ccc(CNC(=O)c2cccnc2Oc2ccc(F)cc2)c(Cl)c1. The molecule has 0 fully saturated rings. The maximum atomic E-state index is 13.1. The molecule has 1 aromatic heterocycles. The van der Waals surface area contributed by atoms with Crippen molar-refractivity contribution >= 4 is 17.5 Å². The highest BCUT2D eigenvalue weighted by Gasteiger charge is 2.18. The first-order valence-corrected chi connectivity index (χ1v) is 9.30. The Balaban J connectivity index is 1.72. The molecule has 0 atom stereocenters. The quantitative estimate of drug-likeness (QED) is 0.606. The predicted octanol–water partition coefficient (Wildman–Crippen LogP) is 4.82. The number of pyridine rings is 1. The first kappa shape index (κ1) is 20.8. The van der Waals surface area contributed by atoms with E-state index in [2.05, 4.69) is 10.3 Å². The van der Waals surface area contributed by atoms with Crippen molar-refractivity contribution in [3.05, 3.63) is 88.3 Å². The van der Waals surface area contributed by atoms with Gasteiger partial charge in [-0.05, 0) is 67.4 Å². The summed E-state index contributed by atoms with van der Waals surface area (Å²) < 4.78 is 18.7. The number of aliphatic hydroxyl groups is 1. The fourth-order valence-corrected chi connectivity index (χ4v) is 2.85. The van der Waals surface area contributed by atoms with E-state index in [-0.39, 0.29) is 23.8 Å². The van der Waals surface area contributed by atoms with E-state index in [0.29, 0.717) is 21.9 Å². The zero-order valence-corrected chi connectivity index (χ0v) is 16.7. The summed E-state index contributed by atoms with van der Waals surface area (Å²) in [4.78, 5) is 16.7. The van der Waals surface area contributed by atoms with Crippen molar-refractivity contribution in [1.29, 1.82) is 0 Å². The Hall–Kier alpha value is -2.96. The number of halogens is 2. The zero-order valence-electron chi connectivity index (χ0n) is 15.9. The molecule has 3 aromatic rings. The molecule has 0 aliphatic carbocycles. The number of ether oxygens (including phenoxy) is 1. The van der Waals surface area contributed by atoms with Crippen molar-refractivity contribution in [3.63, 3.8) is 0 Å². The van der Waals surface area contributed by atoms with Gasteiger partial charge < -0.3 is 15.2 Å². The molecular formula is C22H20ClFN2O3. The van der Waals surface area contributed by atoms with Crippen LogP contribution in [0, 0.1) is 5.82 Å². The number of aromatic nitrogens is 1.